The van der Waals surface area contributed by atoms with E-state index in [1.54, 1.807) is 0 Å². The molecule has 0 rings (SSSR count). The van der Waals surface area contributed by atoms with Gasteiger partial charge in [0.2, 0.25) is 0 Å². The van der Waals surface area contributed by atoms with E-state index >= 15 is 0 Å². The van der Waals surface area contributed by atoms with Crippen molar-refractivity contribution in [1.82, 2.24) is 0 Å². The second kappa shape index (κ2) is 10.4. The molecule has 8 nitrogen and oxygen atoms in total. The molecule has 94 valence electrons. The summed E-state index contributed by atoms with van der Waals surface area (Å²) in [5, 5.41) is 0. The third kappa shape index (κ3) is 11.5. The van der Waals surface area contributed by atoms with Gasteiger partial charge >= 0.3 is 62.0 Å². The molecule has 0 aromatic carbocycles. The molecule has 0 aromatic rings. The normalized spacial score (nSPS) is 11.1. The fraction of sp³-hybridized carbons (Fsp3) is 0.667. The zero-order valence-electron chi connectivity index (χ0n) is 12.0. The fourth-order valence-corrected chi connectivity index (χ4v) is 1.69. The summed E-state index contributed by atoms with van der Waals surface area (Å²) in [7, 11) is -10.5. The van der Waals surface area contributed by atoms with Crippen molar-refractivity contribution < 1.29 is 100 Å². The van der Waals surface area contributed by atoms with Crippen LogP contribution in [-0.4, -0.2) is 11.0 Å². The molecule has 0 bridgehead atoms. The first-order valence-corrected chi connectivity index (χ1v) is 7.24. The van der Waals surface area contributed by atoms with Crippen LogP contribution in [0.4, 0.5) is 0 Å². The van der Waals surface area contributed by atoms with Crippen molar-refractivity contribution in [2.24, 2.45) is 0 Å². The maximum atomic E-state index is 10.6. The molecule has 0 aliphatic heterocycles. The third-order valence-corrected chi connectivity index (χ3v) is 3.31. The Labute approximate surface area is 151 Å². The molecule has 0 heterocycles. The second-order valence-corrected chi connectivity index (χ2v) is 5.98. The van der Waals surface area contributed by atoms with E-state index in [1.807, 2.05) is 0 Å². The summed E-state index contributed by atoms with van der Waals surface area (Å²) in [6.45, 7) is 0. The zero-order valence-corrected chi connectivity index (χ0v) is 15.8. The molecule has 12 heteroatoms. The van der Waals surface area contributed by atoms with Crippen LogP contribution in [0.3, 0.4) is 0 Å². The van der Waals surface area contributed by atoms with Crippen molar-refractivity contribution in [2.75, 3.05) is 0 Å². The van der Waals surface area contributed by atoms with Gasteiger partial charge < -0.3 is 28.7 Å². The van der Waals surface area contributed by atoms with E-state index in [-0.39, 0.29) is 74.8 Å². The molecule has 0 aliphatic rings. The molecule has 0 aromatic heterocycles. The van der Waals surface area contributed by atoms with E-state index in [4.69, 9.17) is 0 Å². The summed E-state index contributed by atoms with van der Waals surface area (Å²) in [6.07, 6.45) is -1.45. The SMILES string of the molecule is O=C(CCCCC(=O)P(=O)([O-])[O-])P(=O)([O-])[O-].[H+].[H+].[Na+].[Na+]. The Balaban J connectivity index is -0.000000187. The monoisotopic (exact) mass is 318 g/mol. The van der Waals surface area contributed by atoms with Crippen LogP contribution in [0.15, 0.2) is 0 Å². The quantitative estimate of drug-likeness (QED) is 0.254. The molecule has 0 saturated heterocycles. The molecule has 0 atom stereocenters. The zero-order chi connectivity index (χ0) is 13.0. The number of unbranched alkanes of at least 4 members (excludes halogenated alkanes) is 1. The Morgan fingerprint density at radius 1 is 0.778 bits per heavy atom. The van der Waals surface area contributed by atoms with Crippen LogP contribution in [0.5, 0.6) is 0 Å². The molecule has 0 radical (unpaired) electrons. The van der Waals surface area contributed by atoms with Crippen LogP contribution in [-0.2, 0) is 18.7 Å². The van der Waals surface area contributed by atoms with E-state index in [2.05, 4.69) is 0 Å². The standard InChI is InChI=1S/C6H12O8P2.2Na/c7-5(15(9,10)11)3-1-2-4-6(8)16(12,13)14;;/h1-4H2,(H2,9,10,11)(H2,12,13,14);;/q;2*+1/p-2. The molecular weight excluding hydrogens is 308 g/mol. The van der Waals surface area contributed by atoms with Crippen molar-refractivity contribution in [3.05, 3.63) is 0 Å². The largest absolute Gasteiger partial charge is 1.00 e. The molecule has 0 N–H and O–H groups in total. The van der Waals surface area contributed by atoms with Crippen molar-refractivity contribution >= 4 is 26.2 Å². The molecule has 0 amide bonds. The minimum absolute atomic E-state index is 0. The number of rotatable bonds is 7. The average Bonchev–Trinajstić information content (AvgIpc) is 2.08. The van der Waals surface area contributed by atoms with Crippen LogP contribution in [0.25, 0.3) is 0 Å². The van der Waals surface area contributed by atoms with Crippen molar-refractivity contribution in [1.29, 1.82) is 0 Å². The van der Waals surface area contributed by atoms with Gasteiger partial charge in [0, 0.05) is 28.0 Å². The summed E-state index contributed by atoms with van der Waals surface area (Å²) < 4.78 is 20.3. The first-order valence-electron chi connectivity index (χ1n) is 4.16. The Bertz CT molecular complexity index is 345. The van der Waals surface area contributed by atoms with Gasteiger partial charge in [0.25, 0.3) is 0 Å². The van der Waals surface area contributed by atoms with Gasteiger partial charge in [-0.25, -0.2) is 0 Å². The number of carbonyl (C=O) groups excluding carboxylic acids is 2. The molecule has 0 fully saturated rings. The van der Waals surface area contributed by atoms with E-state index in [9.17, 15) is 38.3 Å². The topological polar surface area (TPSA) is 161 Å². The van der Waals surface area contributed by atoms with Gasteiger partial charge in [0.1, 0.15) is 0 Å². The maximum Gasteiger partial charge on any atom is 1.00 e. The van der Waals surface area contributed by atoms with E-state index < -0.39 is 39.1 Å². The van der Waals surface area contributed by atoms with Crippen LogP contribution in [0, 0.1) is 0 Å². The first-order chi connectivity index (χ1) is 7.05. The Morgan fingerprint density at radius 3 is 1.17 bits per heavy atom. The Hall–Kier alpha value is 1.64. The van der Waals surface area contributed by atoms with Gasteiger partial charge in [0.05, 0.1) is 0 Å². The van der Waals surface area contributed by atoms with Crippen LogP contribution in [0.1, 0.15) is 28.5 Å². The van der Waals surface area contributed by atoms with Crippen LogP contribution in [0.2, 0.25) is 0 Å². The summed E-state index contributed by atoms with van der Waals surface area (Å²) in [6, 6.07) is 0. The molecule has 0 unspecified atom stereocenters. The third-order valence-electron chi connectivity index (χ3n) is 1.64. The van der Waals surface area contributed by atoms with Gasteiger partial charge in [-0.3, -0.25) is 9.59 Å². The maximum absolute atomic E-state index is 10.6. The smallest absolute Gasteiger partial charge is 0.805 e. The molecule has 0 saturated carbocycles. The summed E-state index contributed by atoms with van der Waals surface area (Å²) >= 11 is 0. The van der Waals surface area contributed by atoms with E-state index in [0.29, 0.717) is 0 Å². The van der Waals surface area contributed by atoms with Gasteiger partial charge in [0.15, 0.2) is 11.0 Å². The predicted octanol–water partition coefficient (Wildman–Crippen LogP) is -8.34. The summed E-state index contributed by atoms with van der Waals surface area (Å²) in [5.41, 5.74) is -2.99. The van der Waals surface area contributed by atoms with Gasteiger partial charge in [-0.1, -0.05) is 0 Å². The number of hydrogen-bond donors (Lipinski definition) is 0. The summed E-state index contributed by atoms with van der Waals surface area (Å²) in [5.74, 6) is 0. The van der Waals surface area contributed by atoms with Crippen molar-refractivity contribution in [3.63, 3.8) is 0 Å². The molecular formula is C6H10Na2O8P2. The Morgan fingerprint density at radius 2 is 1.00 bits per heavy atom. The van der Waals surface area contributed by atoms with Gasteiger partial charge in [-0.2, -0.15) is 0 Å². The van der Waals surface area contributed by atoms with Crippen molar-refractivity contribution in [3.8, 4) is 0 Å². The van der Waals surface area contributed by atoms with E-state index in [0.717, 1.165) is 0 Å². The van der Waals surface area contributed by atoms with Crippen LogP contribution < -0.4 is 78.7 Å². The minimum Gasteiger partial charge on any atom is -0.805 e. The molecule has 0 aliphatic carbocycles. The fourth-order valence-electron chi connectivity index (χ4n) is 0.826. The average molecular weight is 318 g/mol. The van der Waals surface area contributed by atoms with Gasteiger partial charge in [-0.15, -0.1) is 0 Å². The Kier molecular flexibility index (Phi) is 14.2. The molecule has 18 heavy (non-hydrogen) atoms. The minimum atomic E-state index is -5.26. The summed E-state index contributed by atoms with van der Waals surface area (Å²) in [4.78, 5) is 61.6. The first kappa shape index (κ1) is 24.6. The van der Waals surface area contributed by atoms with Crippen LogP contribution >= 0.6 is 15.2 Å². The predicted molar refractivity (Wildman–Crippen MR) is 45.9 cm³/mol. The van der Waals surface area contributed by atoms with E-state index in [1.165, 1.54) is 0 Å². The molecule has 0 spiro atoms. The number of hydrogen-bond acceptors (Lipinski definition) is 8. The number of carbonyl (C=O) groups is 2. The van der Waals surface area contributed by atoms with Gasteiger partial charge in [-0.05, 0) is 12.8 Å². The second-order valence-electron chi connectivity index (χ2n) is 2.99. The van der Waals surface area contributed by atoms with Crippen molar-refractivity contribution in [2.45, 2.75) is 25.7 Å².